The molecule has 5 heteroatoms. The SMILES string of the molecule is CC.Cc1cc(C(O)CCCN)cc(C(F)(F)F)c1. The Hall–Kier alpha value is -1.07. The van der Waals surface area contributed by atoms with E-state index in [1.54, 1.807) is 13.0 Å². The average molecular weight is 277 g/mol. The topological polar surface area (TPSA) is 46.2 Å². The van der Waals surface area contributed by atoms with Crippen LogP contribution in [0.5, 0.6) is 0 Å². The number of hydrogen-bond donors (Lipinski definition) is 2. The maximum Gasteiger partial charge on any atom is 0.416 e. The predicted octanol–water partition coefficient (Wildman–Crippen LogP) is 3.81. The normalized spacial score (nSPS) is 12.6. The quantitative estimate of drug-likeness (QED) is 0.879. The molecule has 0 saturated carbocycles. The Morgan fingerprint density at radius 3 is 2.26 bits per heavy atom. The van der Waals surface area contributed by atoms with Crippen LogP contribution in [0.15, 0.2) is 18.2 Å². The molecule has 0 spiro atoms. The van der Waals surface area contributed by atoms with Crippen molar-refractivity contribution >= 4 is 0 Å². The maximum atomic E-state index is 12.6. The van der Waals surface area contributed by atoms with Gasteiger partial charge in [-0.2, -0.15) is 13.2 Å². The fourth-order valence-corrected chi connectivity index (χ4v) is 1.65. The molecule has 0 amide bonds. The molecule has 0 aromatic heterocycles. The first-order chi connectivity index (χ1) is 8.84. The molecule has 0 saturated heterocycles. The summed E-state index contributed by atoms with van der Waals surface area (Å²) in [5.74, 6) is 0. The summed E-state index contributed by atoms with van der Waals surface area (Å²) in [7, 11) is 0. The molecule has 1 rings (SSSR count). The van der Waals surface area contributed by atoms with E-state index >= 15 is 0 Å². The lowest BCUT2D eigenvalue weighted by Gasteiger charge is -2.14. The first-order valence-corrected chi connectivity index (χ1v) is 6.41. The van der Waals surface area contributed by atoms with E-state index in [0.29, 0.717) is 30.5 Å². The zero-order chi connectivity index (χ0) is 15.1. The Morgan fingerprint density at radius 1 is 1.21 bits per heavy atom. The van der Waals surface area contributed by atoms with Crippen molar-refractivity contribution in [2.75, 3.05) is 6.54 Å². The molecule has 0 aliphatic heterocycles. The molecule has 1 unspecified atom stereocenters. The number of halogens is 3. The van der Waals surface area contributed by atoms with Gasteiger partial charge in [-0.1, -0.05) is 25.5 Å². The summed E-state index contributed by atoms with van der Waals surface area (Å²) < 4.78 is 37.7. The second kappa shape index (κ2) is 8.17. The van der Waals surface area contributed by atoms with Crippen molar-refractivity contribution in [1.29, 1.82) is 0 Å². The average Bonchev–Trinajstić information content (AvgIpc) is 2.36. The van der Waals surface area contributed by atoms with Gasteiger partial charge in [-0.25, -0.2) is 0 Å². The maximum absolute atomic E-state index is 12.6. The van der Waals surface area contributed by atoms with E-state index in [0.717, 1.165) is 12.1 Å². The van der Waals surface area contributed by atoms with E-state index in [-0.39, 0.29) is 0 Å². The van der Waals surface area contributed by atoms with E-state index in [1.807, 2.05) is 13.8 Å². The second-order valence-electron chi connectivity index (χ2n) is 4.08. The van der Waals surface area contributed by atoms with Crippen LogP contribution in [0.3, 0.4) is 0 Å². The number of alkyl halides is 3. The summed E-state index contributed by atoms with van der Waals surface area (Å²) in [4.78, 5) is 0. The minimum Gasteiger partial charge on any atom is -0.388 e. The number of aliphatic hydroxyl groups is 1. The van der Waals surface area contributed by atoms with Crippen LogP contribution in [0.25, 0.3) is 0 Å². The second-order valence-corrected chi connectivity index (χ2v) is 4.08. The summed E-state index contributed by atoms with van der Waals surface area (Å²) >= 11 is 0. The number of rotatable bonds is 4. The summed E-state index contributed by atoms with van der Waals surface area (Å²) in [6, 6.07) is 3.63. The molecule has 3 N–H and O–H groups in total. The minimum atomic E-state index is -4.38. The number of hydrogen-bond acceptors (Lipinski definition) is 2. The summed E-state index contributed by atoms with van der Waals surface area (Å²) in [5.41, 5.74) is 5.35. The van der Waals surface area contributed by atoms with Gasteiger partial charge in [-0.3, -0.25) is 0 Å². The molecule has 110 valence electrons. The molecule has 0 aliphatic rings. The van der Waals surface area contributed by atoms with Gasteiger partial charge >= 0.3 is 6.18 Å². The molecule has 1 atom stereocenters. The van der Waals surface area contributed by atoms with Crippen LogP contribution in [0, 0.1) is 6.92 Å². The van der Waals surface area contributed by atoms with Crippen molar-refractivity contribution in [2.45, 2.75) is 45.9 Å². The summed E-state index contributed by atoms with van der Waals surface area (Å²) in [6.07, 6.45) is -4.32. The Balaban J connectivity index is 0.00000154. The molecule has 0 bridgehead atoms. The van der Waals surface area contributed by atoms with Gasteiger partial charge in [-0.05, 0) is 44.0 Å². The summed E-state index contributed by atoms with van der Waals surface area (Å²) in [5, 5.41) is 9.74. The van der Waals surface area contributed by atoms with Crippen molar-refractivity contribution < 1.29 is 18.3 Å². The van der Waals surface area contributed by atoms with E-state index in [4.69, 9.17) is 5.73 Å². The van der Waals surface area contributed by atoms with Crippen LogP contribution in [0.2, 0.25) is 0 Å². The Bertz CT molecular complexity index is 377. The van der Waals surface area contributed by atoms with E-state index in [2.05, 4.69) is 0 Å². The van der Waals surface area contributed by atoms with Gasteiger partial charge in [0.15, 0.2) is 0 Å². The first kappa shape index (κ1) is 17.9. The van der Waals surface area contributed by atoms with Gasteiger partial charge in [0.1, 0.15) is 0 Å². The minimum absolute atomic E-state index is 0.297. The van der Waals surface area contributed by atoms with Crippen LogP contribution in [-0.2, 0) is 6.18 Å². The van der Waals surface area contributed by atoms with E-state index in [1.165, 1.54) is 0 Å². The highest BCUT2D eigenvalue weighted by Gasteiger charge is 2.31. The van der Waals surface area contributed by atoms with Crippen molar-refractivity contribution in [3.8, 4) is 0 Å². The van der Waals surface area contributed by atoms with Gasteiger partial charge < -0.3 is 10.8 Å². The Kier molecular flexibility index (Phi) is 7.71. The predicted molar refractivity (Wildman–Crippen MR) is 70.8 cm³/mol. The van der Waals surface area contributed by atoms with Crippen molar-refractivity contribution in [2.24, 2.45) is 5.73 Å². The van der Waals surface area contributed by atoms with Crippen LogP contribution in [0.4, 0.5) is 13.2 Å². The van der Waals surface area contributed by atoms with Crippen molar-refractivity contribution in [3.63, 3.8) is 0 Å². The monoisotopic (exact) mass is 277 g/mol. The lowest BCUT2D eigenvalue weighted by Crippen LogP contribution is -2.09. The third-order valence-electron chi connectivity index (χ3n) is 2.49. The van der Waals surface area contributed by atoms with Gasteiger partial charge in [-0.15, -0.1) is 0 Å². The van der Waals surface area contributed by atoms with E-state index < -0.39 is 17.8 Å². The molecule has 0 fully saturated rings. The molecule has 1 aromatic rings. The molecular formula is C14H22F3NO. The van der Waals surface area contributed by atoms with Crippen LogP contribution in [-0.4, -0.2) is 11.7 Å². The van der Waals surface area contributed by atoms with Gasteiger partial charge in [0, 0.05) is 0 Å². The number of aryl methyl sites for hydroxylation is 1. The van der Waals surface area contributed by atoms with Gasteiger partial charge in [0.25, 0.3) is 0 Å². The third kappa shape index (κ3) is 6.07. The number of benzene rings is 1. The molecule has 0 aliphatic carbocycles. The Labute approximate surface area is 112 Å². The number of nitrogens with two attached hydrogens (primary N) is 1. The number of aliphatic hydroxyl groups excluding tert-OH is 1. The highest BCUT2D eigenvalue weighted by atomic mass is 19.4. The van der Waals surface area contributed by atoms with Gasteiger partial charge in [0.2, 0.25) is 0 Å². The highest BCUT2D eigenvalue weighted by Crippen LogP contribution is 2.32. The first-order valence-electron chi connectivity index (χ1n) is 6.41. The molecule has 0 radical (unpaired) electrons. The van der Waals surface area contributed by atoms with Crippen molar-refractivity contribution in [1.82, 2.24) is 0 Å². The smallest absolute Gasteiger partial charge is 0.388 e. The third-order valence-corrected chi connectivity index (χ3v) is 2.49. The molecule has 19 heavy (non-hydrogen) atoms. The summed E-state index contributed by atoms with van der Waals surface area (Å²) in [6.45, 7) is 5.99. The fraction of sp³-hybridized carbons (Fsp3) is 0.571. The largest absolute Gasteiger partial charge is 0.416 e. The van der Waals surface area contributed by atoms with Crippen molar-refractivity contribution in [3.05, 3.63) is 34.9 Å². The van der Waals surface area contributed by atoms with Gasteiger partial charge in [0.05, 0.1) is 11.7 Å². The fourth-order valence-electron chi connectivity index (χ4n) is 1.65. The van der Waals surface area contributed by atoms with Crippen LogP contribution < -0.4 is 5.73 Å². The standard InChI is InChI=1S/C12H16F3NO.C2H6/c1-8-5-9(11(17)3-2-4-16)7-10(6-8)12(13,14)15;1-2/h5-7,11,17H,2-4,16H2,1H3;1-2H3. The highest BCUT2D eigenvalue weighted by molar-refractivity contribution is 5.32. The molecular weight excluding hydrogens is 255 g/mol. The molecule has 1 aromatic carbocycles. The molecule has 0 heterocycles. The lowest BCUT2D eigenvalue weighted by molar-refractivity contribution is -0.137. The zero-order valence-corrected chi connectivity index (χ0v) is 11.6. The van der Waals surface area contributed by atoms with E-state index in [9.17, 15) is 18.3 Å². The molecule has 2 nitrogen and oxygen atoms in total. The van der Waals surface area contributed by atoms with Crippen LogP contribution >= 0.6 is 0 Å². The van der Waals surface area contributed by atoms with Crippen LogP contribution in [0.1, 0.15) is 49.5 Å². The zero-order valence-electron chi connectivity index (χ0n) is 11.6. The lowest BCUT2D eigenvalue weighted by atomic mass is 9.99. The Morgan fingerprint density at radius 2 is 1.79 bits per heavy atom.